The molecule has 3 saturated heterocycles. The number of phosphoric acid groups is 1. The Morgan fingerprint density at radius 2 is 1.58 bits per heavy atom. The number of hydrogen-bond acceptors (Lipinski definition) is 18. The minimum atomic E-state index is -5.00. The minimum Gasteiger partial charge on any atom is -0.387 e. The Balaban J connectivity index is 1.21. The fourth-order valence-corrected chi connectivity index (χ4v) is 7.52. The second kappa shape index (κ2) is 10.9. The zero-order valence-electron chi connectivity index (χ0n) is 23.0. The van der Waals surface area contributed by atoms with Gasteiger partial charge in [-0.3, -0.25) is 37.0 Å². The molecule has 3 fully saturated rings. The quantitative estimate of drug-likeness (QED) is 0.130. The van der Waals surface area contributed by atoms with E-state index in [4.69, 9.17) is 39.0 Å². The van der Waals surface area contributed by atoms with Crippen LogP contribution < -0.4 is 17.0 Å². The van der Waals surface area contributed by atoms with E-state index in [1.54, 1.807) is 0 Å². The smallest absolute Gasteiger partial charge is 0.387 e. The van der Waals surface area contributed by atoms with Gasteiger partial charge in [-0.2, -0.15) is 4.98 Å². The topological polar surface area (TPSA) is 309 Å². The summed E-state index contributed by atoms with van der Waals surface area (Å²) in [5, 5.41) is 22.3. The van der Waals surface area contributed by atoms with E-state index in [1.807, 2.05) is 0 Å². The van der Waals surface area contributed by atoms with Crippen LogP contribution in [0.2, 0.25) is 0 Å². The van der Waals surface area contributed by atoms with Crippen LogP contribution in [-0.2, 0) is 36.7 Å². The van der Waals surface area contributed by atoms with Crippen molar-refractivity contribution in [3.8, 4) is 0 Å². The summed E-state index contributed by atoms with van der Waals surface area (Å²) in [5.74, 6) is -0.167. The average molecular weight is 672 g/mol. The van der Waals surface area contributed by atoms with E-state index < -0.39 is 83.3 Å². The third kappa shape index (κ3) is 5.32. The number of fused-ring (bicyclic) bond motifs is 5. The standard InChI is InChI=1S/C21H26N10O12P2/c1-44(35)38-3-8-13(12(33)19(41-8)30-5-26-9-15(22)24-4-25-16(9)30)43-45(36,37)39-2-7-11(32)14(42-44)20(40-7)31-6-27-10-17(31)28-21(23)29-18(10)34/h4-8,11-14,19-20,32-33H,2-3H2,1H3,(H,36,37)(H2,22,24,25)(H3,23,28,29,34)/t7-,8-,11?,12?,13?,14?,19-,20-,44?/m1/s1. The van der Waals surface area contributed by atoms with Gasteiger partial charge in [0.2, 0.25) is 5.95 Å². The lowest BCUT2D eigenvalue weighted by Gasteiger charge is -2.26. The number of anilines is 2. The van der Waals surface area contributed by atoms with Crippen LogP contribution in [0.15, 0.2) is 23.8 Å². The third-order valence-electron chi connectivity index (χ3n) is 7.45. The molecule has 6 unspecified atom stereocenters. The van der Waals surface area contributed by atoms with E-state index in [2.05, 4.69) is 29.9 Å². The van der Waals surface area contributed by atoms with E-state index in [-0.39, 0.29) is 34.1 Å². The highest BCUT2D eigenvalue weighted by molar-refractivity contribution is 7.53. The first-order valence-electron chi connectivity index (χ1n) is 13.2. The fourth-order valence-electron chi connectivity index (χ4n) is 5.40. The molecule has 0 aliphatic carbocycles. The van der Waals surface area contributed by atoms with Crippen molar-refractivity contribution in [2.45, 2.75) is 49.1 Å². The number of nitrogens with zero attached hydrogens (tertiary/aromatic N) is 7. The highest BCUT2D eigenvalue weighted by Crippen LogP contribution is 2.54. The molecule has 24 heteroatoms. The lowest BCUT2D eigenvalue weighted by Crippen LogP contribution is -2.36. The van der Waals surface area contributed by atoms with Gasteiger partial charge in [0, 0.05) is 6.66 Å². The lowest BCUT2D eigenvalue weighted by atomic mass is 10.1. The second-order valence-corrected chi connectivity index (χ2v) is 13.9. The number of rotatable bonds is 2. The van der Waals surface area contributed by atoms with Gasteiger partial charge in [0.25, 0.3) is 5.56 Å². The Bertz CT molecular complexity index is 1940. The van der Waals surface area contributed by atoms with Crippen LogP contribution >= 0.6 is 15.4 Å². The maximum absolute atomic E-state index is 13.6. The number of aliphatic hydroxyl groups excluding tert-OH is 2. The number of nitrogens with one attached hydrogen (secondary N) is 1. The normalized spacial score (nSPS) is 37.7. The number of hydrogen-bond donors (Lipinski definition) is 6. The molecule has 3 aliphatic heterocycles. The molecule has 242 valence electrons. The summed E-state index contributed by atoms with van der Waals surface area (Å²) in [7, 11) is -9.12. The largest absolute Gasteiger partial charge is 0.472 e. The predicted octanol–water partition coefficient (Wildman–Crippen LogP) is -1.62. The molecule has 45 heavy (non-hydrogen) atoms. The molecule has 0 aromatic carbocycles. The number of aromatic nitrogens is 8. The van der Waals surface area contributed by atoms with Crippen LogP contribution in [0.3, 0.4) is 0 Å². The summed E-state index contributed by atoms with van der Waals surface area (Å²) in [6.07, 6.45) is -7.93. The van der Waals surface area contributed by atoms with E-state index in [0.717, 1.165) is 6.66 Å². The van der Waals surface area contributed by atoms with E-state index in [1.165, 1.54) is 28.1 Å². The molecular formula is C21H26N10O12P2. The molecule has 0 radical (unpaired) electrons. The van der Waals surface area contributed by atoms with Crippen molar-refractivity contribution in [1.29, 1.82) is 0 Å². The molecule has 7 rings (SSSR count). The Labute approximate surface area is 250 Å². The second-order valence-electron chi connectivity index (χ2n) is 10.4. The van der Waals surface area contributed by atoms with E-state index >= 15 is 0 Å². The first-order chi connectivity index (χ1) is 21.3. The van der Waals surface area contributed by atoms with Crippen molar-refractivity contribution < 1.29 is 51.8 Å². The predicted molar refractivity (Wildman–Crippen MR) is 147 cm³/mol. The molecule has 3 aliphatic rings. The zero-order chi connectivity index (χ0) is 31.8. The SMILES string of the molecule is CP1(=O)OC[C@H]2O[C@@H](n3cnc4c(N)ncnc43)C(O)C2OP(=O)(O)OC[C@H]2O[C@@H](n3cnc4c(=O)[nH]c(N)nc43)C(O1)C2O. The molecule has 4 aromatic rings. The lowest BCUT2D eigenvalue weighted by molar-refractivity contribution is -0.0628. The molecule has 10 atom stereocenters. The van der Waals surface area contributed by atoms with Crippen LogP contribution in [0.5, 0.6) is 0 Å². The summed E-state index contributed by atoms with van der Waals surface area (Å²) in [6.45, 7) is -0.204. The molecule has 0 saturated carbocycles. The molecule has 2 bridgehead atoms. The van der Waals surface area contributed by atoms with Gasteiger partial charge < -0.3 is 40.6 Å². The Morgan fingerprint density at radius 3 is 2.36 bits per heavy atom. The average Bonchev–Trinajstić information content (AvgIpc) is 3.72. The van der Waals surface area contributed by atoms with Crippen LogP contribution in [-0.4, -0.2) is 111 Å². The molecule has 0 amide bonds. The number of imidazole rings is 2. The van der Waals surface area contributed by atoms with E-state index in [0.29, 0.717) is 0 Å². The van der Waals surface area contributed by atoms with Gasteiger partial charge in [-0.05, 0) is 0 Å². The number of nitrogen functional groups attached to an aromatic ring is 2. The van der Waals surface area contributed by atoms with Gasteiger partial charge in [-0.15, -0.1) is 0 Å². The van der Waals surface area contributed by atoms with Crippen molar-refractivity contribution in [1.82, 2.24) is 39.0 Å². The molecular weight excluding hydrogens is 646 g/mol. The summed E-state index contributed by atoms with van der Waals surface area (Å²) < 4.78 is 63.0. The van der Waals surface area contributed by atoms with Crippen molar-refractivity contribution in [2.75, 3.05) is 31.3 Å². The highest BCUT2D eigenvalue weighted by Gasteiger charge is 2.53. The fraction of sp³-hybridized carbons (Fsp3) is 0.524. The zero-order valence-corrected chi connectivity index (χ0v) is 24.7. The van der Waals surface area contributed by atoms with Crippen molar-refractivity contribution >= 4 is 49.5 Å². The summed E-state index contributed by atoms with van der Waals surface area (Å²) >= 11 is 0. The number of aliphatic hydroxyl groups is 2. The van der Waals surface area contributed by atoms with Crippen molar-refractivity contribution in [2.24, 2.45) is 0 Å². The van der Waals surface area contributed by atoms with Crippen molar-refractivity contribution in [3.05, 3.63) is 29.3 Å². The first-order valence-corrected chi connectivity index (χ1v) is 16.7. The summed E-state index contributed by atoms with van der Waals surface area (Å²) in [4.78, 5) is 45.5. The number of aromatic amines is 1. The van der Waals surface area contributed by atoms with Gasteiger partial charge in [-0.25, -0.2) is 24.5 Å². The maximum Gasteiger partial charge on any atom is 0.472 e. The molecule has 0 spiro atoms. The van der Waals surface area contributed by atoms with Gasteiger partial charge in [0.05, 0.1) is 25.9 Å². The highest BCUT2D eigenvalue weighted by atomic mass is 31.2. The molecule has 4 aromatic heterocycles. The van der Waals surface area contributed by atoms with Gasteiger partial charge in [0.1, 0.15) is 48.5 Å². The van der Waals surface area contributed by atoms with Gasteiger partial charge in [-0.1, -0.05) is 0 Å². The Morgan fingerprint density at radius 1 is 0.889 bits per heavy atom. The van der Waals surface area contributed by atoms with Gasteiger partial charge >= 0.3 is 15.4 Å². The van der Waals surface area contributed by atoms with E-state index in [9.17, 15) is 29.0 Å². The number of phosphoric ester groups is 1. The van der Waals surface area contributed by atoms with Crippen LogP contribution in [0, 0.1) is 0 Å². The van der Waals surface area contributed by atoms with Crippen LogP contribution in [0.25, 0.3) is 22.3 Å². The van der Waals surface area contributed by atoms with Crippen LogP contribution in [0.4, 0.5) is 11.8 Å². The monoisotopic (exact) mass is 672 g/mol. The summed E-state index contributed by atoms with van der Waals surface area (Å²) in [5.41, 5.74) is 11.1. The number of nitrogens with two attached hydrogens (primary N) is 2. The Kier molecular flexibility index (Phi) is 7.30. The van der Waals surface area contributed by atoms with Crippen molar-refractivity contribution in [3.63, 3.8) is 0 Å². The van der Waals surface area contributed by atoms with Crippen LogP contribution in [0.1, 0.15) is 12.5 Å². The molecule has 7 heterocycles. The number of H-pyrrole nitrogens is 1. The molecule has 22 nitrogen and oxygen atoms in total. The maximum atomic E-state index is 13.6. The molecule has 8 N–H and O–H groups in total. The van der Waals surface area contributed by atoms with Gasteiger partial charge in [0.15, 0.2) is 35.1 Å². The first kappa shape index (κ1) is 30.3. The third-order valence-corrected chi connectivity index (χ3v) is 9.68. The number of ether oxygens (including phenoxy) is 2. The Hall–Kier alpha value is -3.40. The summed E-state index contributed by atoms with van der Waals surface area (Å²) in [6, 6.07) is 0. The minimum absolute atomic E-state index is 0.0472.